The molecular weight excluding hydrogens is 186 g/mol. The van der Waals surface area contributed by atoms with Gasteiger partial charge in [0.1, 0.15) is 5.75 Å². The van der Waals surface area contributed by atoms with Gasteiger partial charge in [0.15, 0.2) is 0 Å². The van der Waals surface area contributed by atoms with Crippen molar-refractivity contribution in [2.24, 2.45) is 5.92 Å². The van der Waals surface area contributed by atoms with Crippen molar-refractivity contribution in [1.82, 2.24) is 4.90 Å². The molecule has 0 saturated carbocycles. The zero-order valence-corrected chi connectivity index (χ0v) is 9.48. The van der Waals surface area contributed by atoms with Crippen molar-refractivity contribution in [2.45, 2.75) is 19.3 Å². The van der Waals surface area contributed by atoms with Crippen LogP contribution in [0.15, 0.2) is 24.3 Å². The zero-order chi connectivity index (χ0) is 10.8. The number of benzene rings is 1. The Morgan fingerprint density at radius 2 is 2.13 bits per heavy atom. The van der Waals surface area contributed by atoms with Crippen LogP contribution in [0, 0.1) is 5.92 Å². The van der Waals surface area contributed by atoms with E-state index < -0.39 is 0 Å². The van der Waals surface area contributed by atoms with Gasteiger partial charge in [0.05, 0.1) is 0 Å². The molecule has 1 aliphatic heterocycles. The van der Waals surface area contributed by atoms with Crippen LogP contribution in [0.5, 0.6) is 5.75 Å². The van der Waals surface area contributed by atoms with Crippen LogP contribution in [0.1, 0.15) is 24.8 Å². The Balaban J connectivity index is 2.14. The topological polar surface area (TPSA) is 23.5 Å². The lowest BCUT2D eigenvalue weighted by Crippen LogP contribution is -2.17. The first kappa shape index (κ1) is 10.5. The summed E-state index contributed by atoms with van der Waals surface area (Å²) in [6, 6.07) is 7.71. The summed E-state index contributed by atoms with van der Waals surface area (Å²) in [4.78, 5) is 2.36. The number of hydrogen-bond donors (Lipinski definition) is 1. The third-order valence-electron chi connectivity index (χ3n) is 3.56. The predicted octanol–water partition coefficient (Wildman–Crippen LogP) is 2.45. The minimum absolute atomic E-state index is 0.444. The average molecular weight is 205 g/mol. The van der Waals surface area contributed by atoms with Gasteiger partial charge in [-0.3, -0.25) is 0 Å². The van der Waals surface area contributed by atoms with Crippen LogP contribution in [0.2, 0.25) is 0 Å². The Labute approximate surface area is 91.5 Å². The second-order valence-electron chi connectivity index (χ2n) is 4.66. The second kappa shape index (κ2) is 4.23. The summed E-state index contributed by atoms with van der Waals surface area (Å²) in [5.41, 5.74) is 1.10. The molecule has 1 heterocycles. The largest absolute Gasteiger partial charge is 0.508 e. The monoisotopic (exact) mass is 205 g/mol. The van der Waals surface area contributed by atoms with Gasteiger partial charge < -0.3 is 10.0 Å². The molecule has 1 fully saturated rings. The quantitative estimate of drug-likeness (QED) is 0.801. The van der Waals surface area contributed by atoms with Gasteiger partial charge in [-0.25, -0.2) is 0 Å². The number of nitrogens with zero attached hydrogens (tertiary/aromatic N) is 1. The SMILES string of the molecule is CC(c1ccccc1O)C1CCN(C)C1. The summed E-state index contributed by atoms with van der Waals surface area (Å²) in [7, 11) is 2.16. The molecule has 2 unspecified atom stereocenters. The fourth-order valence-corrected chi connectivity index (χ4v) is 2.50. The van der Waals surface area contributed by atoms with Crippen LogP contribution >= 0.6 is 0 Å². The van der Waals surface area contributed by atoms with E-state index in [1.807, 2.05) is 18.2 Å². The summed E-state index contributed by atoms with van der Waals surface area (Å²) < 4.78 is 0. The molecule has 2 nitrogen and oxygen atoms in total. The number of likely N-dealkylation sites (tertiary alicyclic amines) is 1. The Morgan fingerprint density at radius 1 is 1.40 bits per heavy atom. The molecule has 82 valence electrons. The summed E-state index contributed by atoms with van der Waals surface area (Å²) in [5.74, 6) is 1.58. The van der Waals surface area contributed by atoms with Crippen molar-refractivity contribution >= 4 is 0 Å². The predicted molar refractivity (Wildman–Crippen MR) is 62.1 cm³/mol. The highest BCUT2D eigenvalue weighted by Crippen LogP contribution is 2.35. The normalized spacial score (nSPS) is 24.3. The van der Waals surface area contributed by atoms with Crippen molar-refractivity contribution in [1.29, 1.82) is 0 Å². The summed E-state index contributed by atoms with van der Waals surface area (Å²) in [5, 5.41) is 9.79. The molecule has 0 spiro atoms. The van der Waals surface area contributed by atoms with Gasteiger partial charge in [0, 0.05) is 6.54 Å². The van der Waals surface area contributed by atoms with Crippen LogP contribution in [-0.4, -0.2) is 30.1 Å². The first-order valence-electron chi connectivity index (χ1n) is 5.65. The Morgan fingerprint density at radius 3 is 2.73 bits per heavy atom. The second-order valence-corrected chi connectivity index (χ2v) is 4.66. The van der Waals surface area contributed by atoms with E-state index in [1.54, 1.807) is 6.07 Å². The highest BCUT2D eigenvalue weighted by atomic mass is 16.3. The zero-order valence-electron chi connectivity index (χ0n) is 9.48. The van der Waals surface area contributed by atoms with Crippen LogP contribution < -0.4 is 0 Å². The first-order valence-corrected chi connectivity index (χ1v) is 5.65. The maximum atomic E-state index is 9.79. The molecule has 0 amide bonds. The van der Waals surface area contributed by atoms with E-state index >= 15 is 0 Å². The van der Waals surface area contributed by atoms with Crippen molar-refractivity contribution in [3.8, 4) is 5.75 Å². The van der Waals surface area contributed by atoms with E-state index in [0.717, 1.165) is 12.1 Å². The molecule has 1 aromatic carbocycles. The van der Waals surface area contributed by atoms with Crippen molar-refractivity contribution in [3.63, 3.8) is 0 Å². The van der Waals surface area contributed by atoms with Gasteiger partial charge in [-0.15, -0.1) is 0 Å². The maximum Gasteiger partial charge on any atom is 0.119 e. The van der Waals surface area contributed by atoms with E-state index in [-0.39, 0.29) is 0 Å². The molecule has 2 rings (SSSR count). The molecular formula is C13H19NO. The van der Waals surface area contributed by atoms with Crippen LogP contribution in [0.4, 0.5) is 0 Å². The average Bonchev–Trinajstić information content (AvgIpc) is 2.65. The number of rotatable bonds is 2. The summed E-state index contributed by atoms with van der Waals surface area (Å²) in [6.07, 6.45) is 1.24. The van der Waals surface area contributed by atoms with E-state index in [1.165, 1.54) is 13.0 Å². The van der Waals surface area contributed by atoms with Crippen molar-refractivity contribution in [3.05, 3.63) is 29.8 Å². The van der Waals surface area contributed by atoms with Gasteiger partial charge in [-0.1, -0.05) is 25.1 Å². The fourth-order valence-electron chi connectivity index (χ4n) is 2.50. The fraction of sp³-hybridized carbons (Fsp3) is 0.538. The standard InChI is InChI=1S/C13H19NO/c1-10(11-7-8-14(2)9-11)12-5-3-4-6-13(12)15/h3-6,10-11,15H,7-9H2,1-2H3. The first-order chi connectivity index (χ1) is 7.18. The molecule has 0 radical (unpaired) electrons. The molecule has 0 bridgehead atoms. The molecule has 1 saturated heterocycles. The van der Waals surface area contributed by atoms with E-state index in [2.05, 4.69) is 18.9 Å². The molecule has 1 N–H and O–H groups in total. The number of hydrogen-bond acceptors (Lipinski definition) is 2. The van der Waals surface area contributed by atoms with Crippen LogP contribution in [-0.2, 0) is 0 Å². The molecule has 15 heavy (non-hydrogen) atoms. The molecule has 2 heteroatoms. The minimum atomic E-state index is 0.444. The van der Waals surface area contributed by atoms with Crippen molar-refractivity contribution in [2.75, 3.05) is 20.1 Å². The van der Waals surface area contributed by atoms with Crippen LogP contribution in [0.3, 0.4) is 0 Å². The van der Waals surface area contributed by atoms with E-state index in [0.29, 0.717) is 17.6 Å². The number of phenols is 1. The van der Waals surface area contributed by atoms with Crippen LogP contribution in [0.25, 0.3) is 0 Å². The lowest BCUT2D eigenvalue weighted by Gasteiger charge is -2.20. The molecule has 0 aliphatic carbocycles. The highest BCUT2D eigenvalue weighted by Gasteiger charge is 2.26. The Kier molecular flexibility index (Phi) is 2.96. The Bertz CT molecular complexity index is 337. The molecule has 1 aromatic rings. The third kappa shape index (κ3) is 2.15. The number of phenolic OH excluding ortho intramolecular Hbond substituents is 1. The van der Waals surface area contributed by atoms with Gasteiger partial charge in [-0.2, -0.15) is 0 Å². The van der Waals surface area contributed by atoms with Gasteiger partial charge >= 0.3 is 0 Å². The lowest BCUT2D eigenvalue weighted by atomic mass is 9.86. The third-order valence-corrected chi connectivity index (χ3v) is 3.56. The van der Waals surface area contributed by atoms with Gasteiger partial charge in [0.2, 0.25) is 0 Å². The minimum Gasteiger partial charge on any atom is -0.508 e. The number of aromatic hydroxyl groups is 1. The number of para-hydroxylation sites is 1. The molecule has 1 aliphatic rings. The highest BCUT2D eigenvalue weighted by molar-refractivity contribution is 5.35. The van der Waals surface area contributed by atoms with E-state index in [9.17, 15) is 5.11 Å². The Hall–Kier alpha value is -1.02. The molecule has 0 aromatic heterocycles. The summed E-state index contributed by atoms with van der Waals surface area (Å²) >= 11 is 0. The summed E-state index contributed by atoms with van der Waals surface area (Å²) in [6.45, 7) is 4.55. The lowest BCUT2D eigenvalue weighted by molar-refractivity contribution is 0.372. The van der Waals surface area contributed by atoms with Crippen molar-refractivity contribution < 1.29 is 5.11 Å². The molecule has 2 atom stereocenters. The smallest absolute Gasteiger partial charge is 0.119 e. The van der Waals surface area contributed by atoms with Gasteiger partial charge in [-0.05, 0) is 43.5 Å². The maximum absolute atomic E-state index is 9.79. The van der Waals surface area contributed by atoms with E-state index in [4.69, 9.17) is 0 Å². The van der Waals surface area contributed by atoms with Gasteiger partial charge in [0.25, 0.3) is 0 Å².